The summed E-state index contributed by atoms with van der Waals surface area (Å²) in [5, 5.41) is 2.87. The minimum atomic E-state index is -0.231. The van der Waals surface area contributed by atoms with Gasteiger partial charge in [0.2, 0.25) is 0 Å². The van der Waals surface area contributed by atoms with Crippen LogP contribution in [0.25, 0.3) is 0 Å². The van der Waals surface area contributed by atoms with E-state index in [2.05, 4.69) is 10.3 Å². The minimum Gasteiger partial charge on any atom is -0.497 e. The Morgan fingerprint density at radius 1 is 1.24 bits per heavy atom. The molecule has 2 aliphatic rings. The van der Waals surface area contributed by atoms with Crippen molar-refractivity contribution in [1.82, 2.24) is 5.32 Å². The quantitative estimate of drug-likeness (QED) is 0.923. The fraction of sp³-hybridized carbons (Fsp3) is 0.250. The van der Waals surface area contributed by atoms with E-state index >= 15 is 0 Å². The van der Waals surface area contributed by atoms with Crippen LogP contribution in [0.15, 0.2) is 64.3 Å². The third-order valence-corrected chi connectivity index (χ3v) is 4.52. The molecule has 0 radical (unpaired) electrons. The van der Waals surface area contributed by atoms with Gasteiger partial charge in [-0.2, -0.15) is 0 Å². The summed E-state index contributed by atoms with van der Waals surface area (Å²) in [4.78, 5) is 28.3. The zero-order valence-electron chi connectivity index (χ0n) is 14.5. The molecule has 1 aliphatic carbocycles. The van der Waals surface area contributed by atoms with E-state index in [4.69, 9.17) is 4.74 Å². The van der Waals surface area contributed by atoms with Crippen LogP contribution in [0.4, 0.5) is 0 Å². The second kappa shape index (κ2) is 6.89. The number of amides is 2. The van der Waals surface area contributed by atoms with Crippen molar-refractivity contribution >= 4 is 17.5 Å². The molecule has 0 bridgehead atoms. The molecule has 128 valence electrons. The minimum absolute atomic E-state index is 0.0494. The van der Waals surface area contributed by atoms with Crippen LogP contribution in [-0.2, 0) is 16.0 Å². The van der Waals surface area contributed by atoms with Gasteiger partial charge in [-0.1, -0.05) is 23.8 Å². The third-order valence-electron chi connectivity index (χ3n) is 4.52. The summed E-state index contributed by atoms with van der Waals surface area (Å²) >= 11 is 0. The van der Waals surface area contributed by atoms with Crippen molar-refractivity contribution in [1.29, 1.82) is 0 Å². The first kappa shape index (κ1) is 16.9. The van der Waals surface area contributed by atoms with E-state index in [0.29, 0.717) is 5.71 Å². The number of aliphatic imine (C=N–C) groups is 1. The Balaban J connectivity index is 1.74. The molecule has 3 rings (SSSR count). The first-order valence-corrected chi connectivity index (χ1v) is 8.11. The Bertz CT molecular complexity index is 842. The van der Waals surface area contributed by atoms with Gasteiger partial charge in [-0.3, -0.25) is 9.59 Å². The fourth-order valence-electron chi connectivity index (χ4n) is 2.90. The highest BCUT2D eigenvalue weighted by Gasteiger charge is 2.27. The van der Waals surface area contributed by atoms with Gasteiger partial charge in [0.25, 0.3) is 11.8 Å². The first-order chi connectivity index (χ1) is 12.0. The maximum absolute atomic E-state index is 12.2. The number of rotatable bonds is 3. The van der Waals surface area contributed by atoms with Gasteiger partial charge >= 0.3 is 0 Å². The molecule has 1 aromatic carbocycles. The lowest BCUT2D eigenvalue weighted by atomic mass is 9.85. The summed E-state index contributed by atoms with van der Waals surface area (Å²) < 4.78 is 5.10. The molecule has 25 heavy (non-hydrogen) atoms. The third kappa shape index (κ3) is 3.60. The fourth-order valence-corrected chi connectivity index (χ4v) is 2.90. The second-order valence-electron chi connectivity index (χ2n) is 6.15. The molecule has 1 N–H and O–H groups in total. The van der Waals surface area contributed by atoms with Crippen LogP contribution in [0.3, 0.4) is 0 Å². The summed E-state index contributed by atoms with van der Waals surface area (Å²) in [5.74, 6) is 0.471. The van der Waals surface area contributed by atoms with Gasteiger partial charge < -0.3 is 10.1 Å². The number of allylic oxidation sites excluding steroid dienone is 3. The SMILES string of the molecule is COc1ccc(CC(=O)N=C2C=CC3C(=C2)NC(=O)C(C)=C3C)cc1. The maximum atomic E-state index is 12.2. The lowest BCUT2D eigenvalue weighted by Crippen LogP contribution is -2.35. The van der Waals surface area contributed by atoms with E-state index in [1.165, 1.54) is 0 Å². The van der Waals surface area contributed by atoms with Crippen LogP contribution in [0.5, 0.6) is 5.75 Å². The van der Waals surface area contributed by atoms with E-state index in [0.717, 1.165) is 28.2 Å². The van der Waals surface area contributed by atoms with E-state index in [9.17, 15) is 9.59 Å². The van der Waals surface area contributed by atoms with Gasteiger partial charge in [-0.05, 0) is 43.7 Å². The van der Waals surface area contributed by atoms with E-state index in [1.807, 2.05) is 50.3 Å². The molecule has 0 aromatic heterocycles. The van der Waals surface area contributed by atoms with Crippen molar-refractivity contribution in [2.75, 3.05) is 7.11 Å². The van der Waals surface area contributed by atoms with Crippen LogP contribution < -0.4 is 10.1 Å². The lowest BCUT2D eigenvalue weighted by Gasteiger charge is -2.28. The van der Waals surface area contributed by atoms with E-state index in [-0.39, 0.29) is 24.2 Å². The average Bonchev–Trinajstić information content (AvgIpc) is 2.60. The molecule has 0 spiro atoms. The second-order valence-corrected chi connectivity index (χ2v) is 6.15. The number of fused-ring (bicyclic) bond motifs is 1. The van der Waals surface area contributed by atoms with Gasteiger partial charge in [0.1, 0.15) is 5.75 Å². The van der Waals surface area contributed by atoms with Crippen molar-refractivity contribution < 1.29 is 14.3 Å². The average molecular weight is 336 g/mol. The van der Waals surface area contributed by atoms with Crippen molar-refractivity contribution in [3.63, 3.8) is 0 Å². The number of ether oxygens (including phenoxy) is 1. The topological polar surface area (TPSA) is 67.8 Å². The van der Waals surface area contributed by atoms with Crippen molar-refractivity contribution in [3.05, 3.63) is 64.9 Å². The van der Waals surface area contributed by atoms with Gasteiger partial charge in [0, 0.05) is 17.2 Å². The van der Waals surface area contributed by atoms with Crippen LogP contribution in [0.1, 0.15) is 19.4 Å². The number of carbonyl (C=O) groups excluding carboxylic acids is 2. The highest BCUT2D eigenvalue weighted by Crippen LogP contribution is 2.29. The highest BCUT2D eigenvalue weighted by atomic mass is 16.5. The summed E-state index contributed by atoms with van der Waals surface area (Å²) in [6.07, 6.45) is 5.78. The van der Waals surface area contributed by atoms with E-state index in [1.54, 1.807) is 13.2 Å². The Morgan fingerprint density at radius 2 is 1.96 bits per heavy atom. The molecule has 1 aliphatic heterocycles. The number of hydrogen-bond donors (Lipinski definition) is 1. The Morgan fingerprint density at radius 3 is 2.64 bits per heavy atom. The molecule has 5 heteroatoms. The van der Waals surface area contributed by atoms with Gasteiger partial charge in [0.05, 0.1) is 19.2 Å². The molecule has 1 atom stereocenters. The van der Waals surface area contributed by atoms with Crippen LogP contribution >= 0.6 is 0 Å². The standard InChI is InChI=1S/C20H20N2O3/c1-12-13(2)20(24)22-18-11-15(6-9-17(12)18)21-19(23)10-14-4-7-16(25-3)8-5-14/h4-9,11,17H,10H2,1-3H3,(H,22,24). The van der Waals surface area contributed by atoms with Gasteiger partial charge in [0.15, 0.2) is 0 Å². The number of nitrogens with zero attached hydrogens (tertiary/aromatic N) is 1. The van der Waals surface area contributed by atoms with Crippen molar-refractivity contribution in [2.24, 2.45) is 10.9 Å². The zero-order chi connectivity index (χ0) is 18.0. The smallest absolute Gasteiger partial charge is 0.251 e. The molecule has 5 nitrogen and oxygen atoms in total. The van der Waals surface area contributed by atoms with E-state index < -0.39 is 0 Å². The molecule has 1 unspecified atom stereocenters. The molecule has 1 heterocycles. The molecule has 2 amide bonds. The molecule has 1 aromatic rings. The highest BCUT2D eigenvalue weighted by molar-refractivity contribution is 6.11. The van der Waals surface area contributed by atoms with Crippen LogP contribution in [-0.4, -0.2) is 24.6 Å². The van der Waals surface area contributed by atoms with Crippen molar-refractivity contribution in [3.8, 4) is 5.75 Å². The number of hydrogen-bond acceptors (Lipinski definition) is 3. The normalized spacial score (nSPS) is 20.9. The summed E-state index contributed by atoms with van der Waals surface area (Å²) in [6.45, 7) is 3.77. The van der Waals surface area contributed by atoms with Crippen LogP contribution in [0, 0.1) is 5.92 Å². The molecule has 0 saturated carbocycles. The first-order valence-electron chi connectivity index (χ1n) is 8.11. The van der Waals surface area contributed by atoms with Gasteiger partial charge in [-0.15, -0.1) is 0 Å². The predicted octanol–water partition coefficient (Wildman–Crippen LogP) is 2.74. The monoisotopic (exact) mass is 336 g/mol. The Hall–Kier alpha value is -2.95. The number of benzene rings is 1. The lowest BCUT2D eigenvalue weighted by molar-refractivity contribution is -0.118. The molecular formula is C20H20N2O3. The number of methoxy groups -OCH3 is 1. The Kier molecular flexibility index (Phi) is 4.65. The Labute approximate surface area is 146 Å². The number of nitrogens with one attached hydrogen (secondary N) is 1. The maximum Gasteiger partial charge on any atom is 0.251 e. The summed E-state index contributed by atoms with van der Waals surface area (Å²) in [7, 11) is 1.60. The number of carbonyl (C=O) groups is 2. The molecular weight excluding hydrogens is 316 g/mol. The predicted molar refractivity (Wildman–Crippen MR) is 96.4 cm³/mol. The zero-order valence-corrected chi connectivity index (χ0v) is 14.5. The largest absolute Gasteiger partial charge is 0.497 e. The van der Waals surface area contributed by atoms with Crippen LogP contribution in [0.2, 0.25) is 0 Å². The molecule has 0 saturated heterocycles. The molecule has 0 fully saturated rings. The van der Waals surface area contributed by atoms with Gasteiger partial charge in [-0.25, -0.2) is 4.99 Å². The summed E-state index contributed by atoms with van der Waals surface area (Å²) in [5.41, 5.74) is 3.96. The summed E-state index contributed by atoms with van der Waals surface area (Å²) in [6, 6.07) is 7.33. The van der Waals surface area contributed by atoms with Crippen molar-refractivity contribution in [2.45, 2.75) is 20.3 Å².